The minimum Gasteiger partial charge on any atom is -0.496 e. The van der Waals surface area contributed by atoms with E-state index in [1.54, 1.807) is 14.2 Å². The molecule has 1 N–H and O–H groups in total. The van der Waals surface area contributed by atoms with Gasteiger partial charge < -0.3 is 14.6 Å². The number of aromatic nitrogens is 1. The van der Waals surface area contributed by atoms with Gasteiger partial charge in [0.25, 0.3) is 0 Å². The van der Waals surface area contributed by atoms with Gasteiger partial charge in [-0.05, 0) is 30.2 Å². The average Bonchev–Trinajstić information content (AvgIpc) is 2.61. The molecule has 0 saturated heterocycles. The number of aliphatic hydroxyl groups is 1. The number of nitrogens with zero attached hydrogens (tertiary/aromatic N) is 2. The lowest BCUT2D eigenvalue weighted by atomic mass is 9.95. The lowest BCUT2D eigenvalue weighted by Gasteiger charge is -2.33. The number of hydrogen-bond acceptors (Lipinski definition) is 5. The minimum atomic E-state index is -0.609. The van der Waals surface area contributed by atoms with Gasteiger partial charge in [0.05, 0.1) is 26.0 Å². The molecule has 0 spiro atoms. The Morgan fingerprint density at radius 3 is 2.56 bits per heavy atom. The second kappa shape index (κ2) is 7.42. The predicted octanol–water partition coefficient (Wildman–Crippen LogP) is 3.27. The summed E-state index contributed by atoms with van der Waals surface area (Å²) in [5.74, 6) is 1.89. The molecule has 0 radical (unpaired) electrons. The van der Waals surface area contributed by atoms with Crippen LogP contribution in [0.25, 0.3) is 0 Å². The molecule has 0 amide bonds. The van der Waals surface area contributed by atoms with Crippen molar-refractivity contribution in [3.8, 4) is 11.5 Å². The number of pyridine rings is 1. The molecule has 0 fully saturated rings. The number of methoxy groups -OCH3 is 2. The van der Waals surface area contributed by atoms with Crippen LogP contribution in [0.5, 0.6) is 11.5 Å². The summed E-state index contributed by atoms with van der Waals surface area (Å²) in [6.07, 6.45) is -0.609. The fraction of sp³-hybridized carbons (Fsp3) is 0.450. The lowest BCUT2D eigenvalue weighted by Crippen LogP contribution is -2.34. The molecule has 2 aromatic rings. The summed E-state index contributed by atoms with van der Waals surface area (Å²) in [5, 5.41) is 10.7. The van der Waals surface area contributed by atoms with E-state index >= 15 is 0 Å². The van der Waals surface area contributed by atoms with Crippen LogP contribution in [-0.2, 0) is 13.1 Å². The molecular weight excluding hydrogens is 316 g/mol. The normalized spacial score (nSPS) is 17.4. The summed E-state index contributed by atoms with van der Waals surface area (Å²) < 4.78 is 10.9. The van der Waals surface area contributed by atoms with Gasteiger partial charge in [0.2, 0.25) is 0 Å². The third-order valence-corrected chi connectivity index (χ3v) is 4.67. The summed E-state index contributed by atoms with van der Waals surface area (Å²) >= 11 is 0. The fourth-order valence-corrected chi connectivity index (χ4v) is 3.40. The van der Waals surface area contributed by atoms with Crippen LogP contribution in [0.2, 0.25) is 0 Å². The Balaban J connectivity index is 1.87. The monoisotopic (exact) mass is 342 g/mol. The molecule has 1 aliphatic rings. The van der Waals surface area contributed by atoms with E-state index in [0.717, 1.165) is 28.3 Å². The number of hydrogen-bond donors (Lipinski definition) is 1. The molecule has 0 bridgehead atoms. The molecule has 1 aromatic carbocycles. The van der Waals surface area contributed by atoms with Crippen LogP contribution in [0.1, 0.15) is 48.4 Å². The van der Waals surface area contributed by atoms with Gasteiger partial charge >= 0.3 is 0 Å². The van der Waals surface area contributed by atoms with Crippen molar-refractivity contribution in [2.75, 3.05) is 20.8 Å². The SMILES string of the molecule is COc1ccc(OC)c2c1CN(Cc1cccc(C(C)C)n1)CC2O. The van der Waals surface area contributed by atoms with E-state index in [-0.39, 0.29) is 0 Å². The van der Waals surface area contributed by atoms with E-state index in [2.05, 4.69) is 30.9 Å². The third kappa shape index (κ3) is 3.62. The summed E-state index contributed by atoms with van der Waals surface area (Å²) in [7, 11) is 3.28. The standard InChI is InChI=1S/C20H26N2O3/c1-13(2)16-7-5-6-14(21-16)10-22-11-15-18(24-3)8-9-19(25-4)20(15)17(23)12-22/h5-9,13,17,23H,10-12H2,1-4H3. The van der Waals surface area contributed by atoms with E-state index in [1.807, 2.05) is 18.2 Å². The molecule has 5 heteroatoms. The van der Waals surface area contributed by atoms with Gasteiger partial charge in [0.1, 0.15) is 11.5 Å². The van der Waals surface area contributed by atoms with E-state index in [9.17, 15) is 5.11 Å². The zero-order valence-corrected chi connectivity index (χ0v) is 15.3. The van der Waals surface area contributed by atoms with Gasteiger partial charge in [-0.1, -0.05) is 19.9 Å². The second-order valence-electron chi connectivity index (χ2n) is 6.76. The molecular formula is C20H26N2O3. The molecule has 1 aromatic heterocycles. The maximum Gasteiger partial charge on any atom is 0.125 e. The Morgan fingerprint density at radius 1 is 1.16 bits per heavy atom. The van der Waals surface area contributed by atoms with Crippen molar-refractivity contribution in [2.24, 2.45) is 0 Å². The van der Waals surface area contributed by atoms with Crippen LogP contribution in [0.3, 0.4) is 0 Å². The maximum atomic E-state index is 10.7. The molecule has 0 saturated carbocycles. The molecule has 1 aliphatic heterocycles. The molecule has 2 heterocycles. The first-order valence-corrected chi connectivity index (χ1v) is 8.63. The Morgan fingerprint density at radius 2 is 1.88 bits per heavy atom. The van der Waals surface area contributed by atoms with Crippen molar-refractivity contribution in [1.82, 2.24) is 9.88 Å². The first-order chi connectivity index (χ1) is 12.0. The average molecular weight is 342 g/mol. The molecule has 25 heavy (non-hydrogen) atoms. The summed E-state index contributed by atoms with van der Waals surface area (Å²) in [6.45, 7) is 6.22. The van der Waals surface area contributed by atoms with E-state index in [1.165, 1.54) is 0 Å². The Labute approximate surface area is 149 Å². The quantitative estimate of drug-likeness (QED) is 0.904. The highest BCUT2D eigenvalue weighted by Gasteiger charge is 2.29. The molecule has 1 atom stereocenters. The summed E-state index contributed by atoms with van der Waals surface area (Å²) in [6, 6.07) is 9.89. The highest BCUT2D eigenvalue weighted by atomic mass is 16.5. The van der Waals surface area contributed by atoms with Gasteiger partial charge in [-0.25, -0.2) is 0 Å². The van der Waals surface area contributed by atoms with Crippen LogP contribution in [0.4, 0.5) is 0 Å². The van der Waals surface area contributed by atoms with Gasteiger partial charge in [0.15, 0.2) is 0 Å². The fourth-order valence-electron chi connectivity index (χ4n) is 3.40. The molecule has 5 nitrogen and oxygen atoms in total. The summed E-state index contributed by atoms with van der Waals surface area (Å²) in [4.78, 5) is 6.94. The predicted molar refractivity (Wildman–Crippen MR) is 96.9 cm³/mol. The van der Waals surface area contributed by atoms with Crippen molar-refractivity contribution >= 4 is 0 Å². The third-order valence-electron chi connectivity index (χ3n) is 4.67. The first-order valence-electron chi connectivity index (χ1n) is 8.63. The van der Waals surface area contributed by atoms with Crippen molar-refractivity contribution < 1.29 is 14.6 Å². The van der Waals surface area contributed by atoms with Crippen LogP contribution in [-0.4, -0.2) is 35.8 Å². The molecule has 1 unspecified atom stereocenters. The summed E-state index contributed by atoms with van der Waals surface area (Å²) in [5.41, 5.74) is 3.93. The number of β-amino-alcohol motifs (C(OH)–C–C–N with tert-alkyl or cyclic N) is 1. The first kappa shape index (κ1) is 17.7. The van der Waals surface area contributed by atoms with Crippen LogP contribution in [0.15, 0.2) is 30.3 Å². The lowest BCUT2D eigenvalue weighted by molar-refractivity contribution is 0.0836. The minimum absolute atomic E-state index is 0.400. The molecule has 3 rings (SSSR count). The maximum absolute atomic E-state index is 10.7. The van der Waals surface area contributed by atoms with Crippen molar-refractivity contribution in [3.05, 3.63) is 52.8 Å². The van der Waals surface area contributed by atoms with Crippen molar-refractivity contribution in [1.29, 1.82) is 0 Å². The van der Waals surface area contributed by atoms with Crippen LogP contribution < -0.4 is 9.47 Å². The van der Waals surface area contributed by atoms with Gasteiger partial charge in [0, 0.05) is 36.5 Å². The smallest absolute Gasteiger partial charge is 0.125 e. The van der Waals surface area contributed by atoms with Crippen LogP contribution >= 0.6 is 0 Å². The van der Waals surface area contributed by atoms with Crippen molar-refractivity contribution in [2.45, 2.75) is 39.0 Å². The van der Waals surface area contributed by atoms with Crippen LogP contribution in [0, 0.1) is 0 Å². The van der Waals surface area contributed by atoms with Gasteiger partial charge in [-0.15, -0.1) is 0 Å². The zero-order valence-electron chi connectivity index (χ0n) is 15.3. The van der Waals surface area contributed by atoms with Crippen molar-refractivity contribution in [3.63, 3.8) is 0 Å². The number of fused-ring (bicyclic) bond motifs is 1. The van der Waals surface area contributed by atoms with E-state index < -0.39 is 6.10 Å². The van der Waals surface area contributed by atoms with Gasteiger partial charge in [-0.2, -0.15) is 0 Å². The second-order valence-corrected chi connectivity index (χ2v) is 6.76. The Kier molecular flexibility index (Phi) is 5.25. The number of aliphatic hydroxyl groups excluding tert-OH is 1. The largest absolute Gasteiger partial charge is 0.496 e. The van der Waals surface area contributed by atoms with Gasteiger partial charge in [-0.3, -0.25) is 9.88 Å². The van der Waals surface area contributed by atoms with E-state index in [4.69, 9.17) is 14.5 Å². The highest BCUT2D eigenvalue weighted by molar-refractivity contribution is 5.51. The molecule has 134 valence electrons. The highest BCUT2D eigenvalue weighted by Crippen LogP contribution is 2.39. The number of ether oxygens (including phenoxy) is 2. The Bertz CT molecular complexity index is 746. The molecule has 0 aliphatic carbocycles. The Hall–Kier alpha value is -2.11. The topological polar surface area (TPSA) is 54.8 Å². The van der Waals surface area contributed by atoms with E-state index in [0.29, 0.717) is 31.3 Å². The zero-order chi connectivity index (χ0) is 18.0. The number of rotatable bonds is 5. The number of benzene rings is 1.